The van der Waals surface area contributed by atoms with Gasteiger partial charge in [-0.15, -0.1) is 0 Å². The van der Waals surface area contributed by atoms with E-state index in [1.165, 1.54) is 4.68 Å². The van der Waals surface area contributed by atoms with Crippen LogP contribution in [-0.2, 0) is 4.79 Å². The predicted molar refractivity (Wildman–Crippen MR) is 109 cm³/mol. The molecule has 0 aliphatic carbocycles. The Morgan fingerprint density at radius 1 is 1.31 bits per heavy atom. The lowest BCUT2D eigenvalue weighted by atomic mass is 10.2. The fraction of sp³-hybridized carbons (Fsp3) is 0.211. The van der Waals surface area contributed by atoms with Crippen LogP contribution in [0.25, 0.3) is 5.69 Å². The van der Waals surface area contributed by atoms with E-state index < -0.39 is 11.2 Å². The molecule has 29 heavy (non-hydrogen) atoms. The monoisotopic (exact) mass is 453 g/mol. The number of carbonyl (C=O) groups is 1. The van der Waals surface area contributed by atoms with Crippen LogP contribution in [0.5, 0.6) is 11.7 Å². The van der Waals surface area contributed by atoms with Gasteiger partial charge in [0.15, 0.2) is 5.95 Å². The van der Waals surface area contributed by atoms with E-state index in [0.717, 1.165) is 11.8 Å². The van der Waals surface area contributed by atoms with Crippen molar-refractivity contribution in [2.75, 3.05) is 12.4 Å². The predicted octanol–water partition coefficient (Wildman–Crippen LogP) is 3.85. The minimum Gasteiger partial charge on any atom is -0.538 e. The number of rotatable bonds is 7. The topological polar surface area (TPSA) is 91.3 Å². The van der Waals surface area contributed by atoms with Gasteiger partial charge in [-0.1, -0.05) is 30.1 Å². The number of thioether (sulfide) groups is 1. The van der Waals surface area contributed by atoms with Crippen LogP contribution in [0.2, 0.25) is 10.0 Å². The normalized spacial score (nSPS) is 11.9. The first-order valence-corrected chi connectivity index (χ1v) is 10.2. The first kappa shape index (κ1) is 21.3. The summed E-state index contributed by atoms with van der Waals surface area (Å²) in [6.45, 7) is 1.84. The van der Waals surface area contributed by atoms with Crippen molar-refractivity contribution in [3.63, 3.8) is 0 Å². The maximum absolute atomic E-state index is 12.7. The van der Waals surface area contributed by atoms with Gasteiger partial charge < -0.3 is 19.7 Å². The summed E-state index contributed by atoms with van der Waals surface area (Å²) in [5, 5.41) is 19.2. The number of aromatic nitrogens is 2. The van der Waals surface area contributed by atoms with Gasteiger partial charge >= 0.3 is 0 Å². The first-order chi connectivity index (χ1) is 13.9. The number of anilines is 1. The van der Waals surface area contributed by atoms with Crippen LogP contribution in [0.3, 0.4) is 0 Å². The van der Waals surface area contributed by atoms with Crippen LogP contribution < -0.4 is 19.8 Å². The quantitative estimate of drug-likeness (QED) is 0.431. The average Bonchev–Trinajstić information content (AvgIpc) is 3.08. The van der Waals surface area contributed by atoms with Crippen LogP contribution >= 0.6 is 35.0 Å². The molecule has 1 heterocycles. The van der Waals surface area contributed by atoms with Gasteiger partial charge in [-0.25, -0.2) is 0 Å². The van der Waals surface area contributed by atoms with Crippen LogP contribution in [-0.4, -0.2) is 23.5 Å². The lowest BCUT2D eigenvalue weighted by molar-refractivity contribution is -0.705. The van der Waals surface area contributed by atoms with E-state index in [0.29, 0.717) is 33.6 Å². The number of carbonyl (C=O) groups excluding carboxylic acids is 1. The van der Waals surface area contributed by atoms with Crippen LogP contribution in [0.1, 0.15) is 13.3 Å². The van der Waals surface area contributed by atoms with Crippen LogP contribution in [0.15, 0.2) is 52.0 Å². The molecule has 3 aromatic rings. The van der Waals surface area contributed by atoms with Crippen molar-refractivity contribution in [1.29, 1.82) is 0 Å². The molecule has 1 aromatic heterocycles. The minimum absolute atomic E-state index is 0.194. The Hall–Kier alpha value is -2.42. The lowest BCUT2D eigenvalue weighted by Gasteiger charge is -2.14. The standard InChI is InChI=1S/C19H17Cl2N3O4S/c1-3-16(17(25)22-15-9-4-11(20)10-14(15)21)29-18-19(26)28-23-24(18)12-5-7-13(27-2)8-6-12/h4-10,16H,3H2,1-2H3,(H-,22,23,25,26). The minimum atomic E-state index is -0.624. The lowest BCUT2D eigenvalue weighted by Crippen LogP contribution is -2.36. The molecule has 152 valence electrons. The molecule has 2 aromatic carbocycles. The molecule has 1 N–H and O–H groups in total. The fourth-order valence-corrected chi connectivity index (χ4v) is 3.92. The molecule has 0 saturated carbocycles. The first-order valence-electron chi connectivity index (χ1n) is 8.59. The molecular formula is C19H17Cl2N3O4S. The van der Waals surface area contributed by atoms with E-state index in [-0.39, 0.29) is 10.9 Å². The number of ether oxygens (including phenoxy) is 1. The summed E-state index contributed by atoms with van der Waals surface area (Å²) in [7, 11) is 1.56. The number of halogens is 2. The number of nitrogens with one attached hydrogen (secondary N) is 1. The van der Waals surface area contributed by atoms with Crippen molar-refractivity contribution in [3.05, 3.63) is 52.5 Å². The Balaban J connectivity index is 1.81. The Labute approximate surface area is 181 Å². The highest BCUT2D eigenvalue weighted by Crippen LogP contribution is 2.31. The van der Waals surface area contributed by atoms with Crippen molar-refractivity contribution in [2.24, 2.45) is 0 Å². The highest BCUT2D eigenvalue weighted by atomic mass is 35.5. The number of hydrogen-bond donors (Lipinski definition) is 1. The number of methoxy groups -OCH3 is 1. The molecule has 3 rings (SSSR count). The molecule has 0 fully saturated rings. The van der Waals surface area contributed by atoms with Gasteiger partial charge in [0.05, 0.1) is 28.3 Å². The Bertz CT molecular complexity index is 1010. The molecular weight excluding hydrogens is 437 g/mol. The SMILES string of the molecule is CCC(Sc1c([O-])on[n+]1-c1ccc(OC)cc1)C(=O)Nc1ccc(Cl)cc1Cl. The summed E-state index contributed by atoms with van der Waals surface area (Å²) in [6.07, 6.45) is 0.467. The van der Waals surface area contributed by atoms with E-state index in [1.54, 1.807) is 49.6 Å². The molecule has 0 spiro atoms. The second-order valence-electron chi connectivity index (χ2n) is 5.90. The maximum Gasteiger partial charge on any atom is 0.298 e. The molecule has 1 unspecified atom stereocenters. The van der Waals surface area contributed by atoms with Gasteiger partial charge in [0.25, 0.3) is 5.03 Å². The molecule has 1 amide bonds. The van der Waals surface area contributed by atoms with Crippen molar-refractivity contribution in [3.8, 4) is 17.4 Å². The third kappa shape index (κ3) is 4.95. The van der Waals surface area contributed by atoms with E-state index in [1.807, 2.05) is 6.92 Å². The van der Waals surface area contributed by atoms with Crippen molar-refractivity contribution < 1.29 is 23.8 Å². The fourth-order valence-electron chi connectivity index (χ4n) is 2.49. The molecule has 0 aliphatic rings. The number of nitrogens with zero attached hydrogens (tertiary/aromatic N) is 2. The van der Waals surface area contributed by atoms with Gasteiger partial charge in [-0.2, -0.15) is 0 Å². The summed E-state index contributed by atoms with van der Waals surface area (Å²) in [6, 6.07) is 11.7. The van der Waals surface area contributed by atoms with E-state index in [9.17, 15) is 9.90 Å². The Morgan fingerprint density at radius 2 is 2.03 bits per heavy atom. The zero-order valence-electron chi connectivity index (χ0n) is 15.5. The van der Waals surface area contributed by atoms with Crippen LogP contribution in [0.4, 0.5) is 5.69 Å². The largest absolute Gasteiger partial charge is 0.538 e. The summed E-state index contributed by atoms with van der Waals surface area (Å²) >= 11 is 13.1. The van der Waals surface area contributed by atoms with Gasteiger partial charge in [0.2, 0.25) is 11.6 Å². The molecule has 1 atom stereocenters. The van der Waals surface area contributed by atoms with Gasteiger partial charge in [0.1, 0.15) is 5.75 Å². The highest BCUT2D eigenvalue weighted by Gasteiger charge is 2.28. The average molecular weight is 454 g/mol. The van der Waals surface area contributed by atoms with Crippen LogP contribution in [0, 0.1) is 0 Å². The highest BCUT2D eigenvalue weighted by molar-refractivity contribution is 8.00. The molecule has 0 aliphatic heterocycles. The zero-order valence-corrected chi connectivity index (χ0v) is 17.8. The van der Waals surface area contributed by atoms with Crippen molar-refractivity contribution in [1.82, 2.24) is 5.27 Å². The van der Waals surface area contributed by atoms with Crippen molar-refractivity contribution in [2.45, 2.75) is 23.6 Å². The second-order valence-corrected chi connectivity index (χ2v) is 7.94. The summed E-state index contributed by atoms with van der Waals surface area (Å²) < 4.78 is 11.3. The van der Waals surface area contributed by atoms with E-state index in [4.69, 9.17) is 32.5 Å². The molecule has 0 bridgehead atoms. The number of benzene rings is 2. The molecule has 7 nitrogen and oxygen atoms in total. The van der Waals surface area contributed by atoms with Gasteiger partial charge in [-0.05, 0) is 53.2 Å². The summed E-state index contributed by atoms with van der Waals surface area (Å²) in [5.41, 5.74) is 1.05. The Kier molecular flexibility index (Phi) is 6.89. The van der Waals surface area contributed by atoms with Gasteiger partial charge in [-0.3, -0.25) is 4.79 Å². The molecule has 0 saturated heterocycles. The molecule has 0 radical (unpaired) electrons. The molecule has 10 heteroatoms. The third-order valence-corrected chi connectivity index (χ3v) is 5.94. The summed E-state index contributed by atoms with van der Waals surface area (Å²) in [4.78, 5) is 12.7. The maximum atomic E-state index is 12.7. The van der Waals surface area contributed by atoms with Crippen molar-refractivity contribution >= 4 is 46.6 Å². The Morgan fingerprint density at radius 3 is 2.66 bits per heavy atom. The van der Waals surface area contributed by atoms with Gasteiger partial charge in [0, 0.05) is 17.2 Å². The second kappa shape index (κ2) is 9.39. The smallest absolute Gasteiger partial charge is 0.298 e. The number of hydrogen-bond acceptors (Lipinski definition) is 6. The number of amides is 1. The zero-order chi connectivity index (χ0) is 21.0. The summed E-state index contributed by atoms with van der Waals surface area (Å²) in [5.74, 6) is -0.259. The van der Waals surface area contributed by atoms with E-state index in [2.05, 4.69) is 10.6 Å². The van der Waals surface area contributed by atoms with E-state index >= 15 is 0 Å². The third-order valence-electron chi connectivity index (χ3n) is 4.00.